The molecule has 0 aromatic heterocycles. The fraction of sp³-hybridized carbons (Fsp3) is 0.263. The number of sulfonamides is 1. The van der Waals surface area contributed by atoms with E-state index in [-0.39, 0.29) is 29.0 Å². The fourth-order valence-corrected chi connectivity index (χ4v) is 4.70. The number of thiocarbonyl (C=S) groups is 1. The molecular formula is C19H20ClN3O4S2. The van der Waals surface area contributed by atoms with E-state index in [2.05, 4.69) is 5.32 Å². The smallest absolute Gasteiger partial charge is 0.257 e. The maximum Gasteiger partial charge on any atom is 0.257 e. The van der Waals surface area contributed by atoms with Gasteiger partial charge in [0.25, 0.3) is 5.91 Å². The number of carbonyl (C=O) groups excluding carboxylic acids is 1. The van der Waals surface area contributed by atoms with Crippen LogP contribution in [-0.2, 0) is 10.0 Å². The first-order valence-electron chi connectivity index (χ1n) is 8.81. The summed E-state index contributed by atoms with van der Waals surface area (Å²) in [6.07, 6.45) is 0. The quantitative estimate of drug-likeness (QED) is 0.716. The van der Waals surface area contributed by atoms with Gasteiger partial charge in [0.15, 0.2) is 5.11 Å². The minimum absolute atomic E-state index is 0.200. The van der Waals surface area contributed by atoms with E-state index in [0.717, 1.165) is 0 Å². The predicted molar refractivity (Wildman–Crippen MR) is 115 cm³/mol. The Morgan fingerprint density at radius 3 is 2.17 bits per heavy atom. The Morgan fingerprint density at radius 2 is 1.62 bits per heavy atom. The minimum Gasteiger partial charge on any atom is -0.497 e. The van der Waals surface area contributed by atoms with Crippen molar-refractivity contribution in [1.29, 1.82) is 0 Å². The molecule has 0 radical (unpaired) electrons. The van der Waals surface area contributed by atoms with Gasteiger partial charge in [0.2, 0.25) is 10.0 Å². The number of amides is 1. The number of carbonyl (C=O) groups is 1. The summed E-state index contributed by atoms with van der Waals surface area (Å²) < 4.78 is 32.0. The highest BCUT2D eigenvalue weighted by Crippen LogP contribution is 2.20. The molecule has 1 fully saturated rings. The summed E-state index contributed by atoms with van der Waals surface area (Å²) in [4.78, 5) is 14.3. The molecule has 1 aliphatic rings. The van der Waals surface area contributed by atoms with E-state index < -0.39 is 10.0 Å². The molecule has 1 N–H and O–H groups in total. The largest absolute Gasteiger partial charge is 0.497 e. The highest BCUT2D eigenvalue weighted by molar-refractivity contribution is 7.89. The summed E-state index contributed by atoms with van der Waals surface area (Å²) in [6, 6.07) is 12.8. The van der Waals surface area contributed by atoms with Crippen LogP contribution < -0.4 is 10.1 Å². The van der Waals surface area contributed by atoms with Gasteiger partial charge in [0.05, 0.1) is 12.0 Å². The second kappa shape index (κ2) is 9.08. The van der Waals surface area contributed by atoms with E-state index in [1.54, 1.807) is 48.4 Å². The Bertz CT molecular complexity index is 987. The number of nitrogens with one attached hydrogen (secondary N) is 1. The summed E-state index contributed by atoms with van der Waals surface area (Å²) in [6.45, 7) is 1.30. The molecule has 1 heterocycles. The first-order valence-corrected chi connectivity index (χ1v) is 11.0. The summed E-state index contributed by atoms with van der Waals surface area (Å²) in [5.74, 6) is 0.330. The second-order valence-corrected chi connectivity index (χ2v) is 9.09. The molecule has 1 saturated heterocycles. The molecule has 3 rings (SSSR count). The summed E-state index contributed by atoms with van der Waals surface area (Å²) in [7, 11) is -2.04. The number of methoxy groups -OCH3 is 1. The molecule has 0 spiro atoms. The molecule has 10 heteroatoms. The minimum atomic E-state index is -3.60. The number of rotatable bonds is 4. The van der Waals surface area contributed by atoms with Crippen LogP contribution in [0.1, 0.15) is 10.4 Å². The number of hydrogen-bond donors (Lipinski definition) is 1. The number of ether oxygens (including phenoxy) is 1. The van der Waals surface area contributed by atoms with Gasteiger partial charge in [-0.1, -0.05) is 11.6 Å². The summed E-state index contributed by atoms with van der Waals surface area (Å²) in [5.41, 5.74) is 0.456. The van der Waals surface area contributed by atoms with E-state index in [1.807, 2.05) is 0 Å². The Labute approximate surface area is 180 Å². The zero-order valence-corrected chi connectivity index (χ0v) is 18.1. The van der Waals surface area contributed by atoms with Crippen LogP contribution in [0.2, 0.25) is 5.02 Å². The molecular weight excluding hydrogens is 434 g/mol. The van der Waals surface area contributed by atoms with Gasteiger partial charge in [-0.15, -0.1) is 0 Å². The highest BCUT2D eigenvalue weighted by Gasteiger charge is 2.29. The van der Waals surface area contributed by atoms with Gasteiger partial charge in [0, 0.05) is 36.8 Å². The molecule has 0 atom stereocenters. The van der Waals surface area contributed by atoms with E-state index in [4.69, 9.17) is 28.6 Å². The lowest BCUT2D eigenvalue weighted by atomic mass is 10.2. The lowest BCUT2D eigenvalue weighted by molar-refractivity contribution is 0.0971. The van der Waals surface area contributed by atoms with Gasteiger partial charge in [-0.3, -0.25) is 10.1 Å². The average molecular weight is 454 g/mol. The van der Waals surface area contributed by atoms with Crippen molar-refractivity contribution in [2.75, 3.05) is 33.3 Å². The third-order valence-corrected chi connectivity index (χ3v) is 7.08. The molecule has 0 bridgehead atoms. The summed E-state index contributed by atoms with van der Waals surface area (Å²) in [5, 5.41) is 3.44. The zero-order valence-electron chi connectivity index (χ0n) is 15.7. The Kier molecular flexibility index (Phi) is 6.74. The van der Waals surface area contributed by atoms with Crippen LogP contribution in [0.4, 0.5) is 0 Å². The molecule has 0 saturated carbocycles. The third-order valence-electron chi connectivity index (χ3n) is 4.55. The van der Waals surface area contributed by atoms with Crippen LogP contribution in [-0.4, -0.2) is 61.9 Å². The number of benzene rings is 2. The van der Waals surface area contributed by atoms with Crippen molar-refractivity contribution in [2.45, 2.75) is 4.90 Å². The zero-order chi connectivity index (χ0) is 21.0. The van der Waals surface area contributed by atoms with Crippen LogP contribution >= 0.6 is 23.8 Å². The van der Waals surface area contributed by atoms with Crippen molar-refractivity contribution < 1.29 is 17.9 Å². The van der Waals surface area contributed by atoms with Crippen LogP contribution in [0, 0.1) is 0 Å². The van der Waals surface area contributed by atoms with Crippen molar-refractivity contribution in [2.24, 2.45) is 0 Å². The van der Waals surface area contributed by atoms with E-state index in [0.29, 0.717) is 29.4 Å². The van der Waals surface area contributed by atoms with Gasteiger partial charge in [0.1, 0.15) is 5.75 Å². The molecule has 29 heavy (non-hydrogen) atoms. The number of hydrogen-bond acceptors (Lipinski definition) is 5. The normalized spacial score (nSPS) is 15.0. The van der Waals surface area contributed by atoms with Gasteiger partial charge in [-0.05, 0) is 60.7 Å². The van der Waals surface area contributed by atoms with Crippen molar-refractivity contribution in [1.82, 2.24) is 14.5 Å². The molecule has 1 amide bonds. The second-order valence-electron chi connectivity index (χ2n) is 6.33. The molecule has 1 aliphatic heterocycles. The van der Waals surface area contributed by atoms with Crippen LogP contribution in [0.15, 0.2) is 53.4 Å². The monoisotopic (exact) mass is 453 g/mol. The molecule has 7 nitrogen and oxygen atoms in total. The molecule has 154 valence electrons. The average Bonchev–Trinajstić information content (AvgIpc) is 2.74. The Balaban J connectivity index is 1.57. The van der Waals surface area contributed by atoms with Crippen molar-refractivity contribution >= 4 is 44.9 Å². The standard InChI is InChI=1S/C19H20ClN3O4S2/c1-27-16-6-2-14(3-7-16)18(24)21-19(28)22-10-12-23(13-11-22)29(25,26)17-8-4-15(20)5-9-17/h2-9H,10-13H2,1H3,(H,21,24,28). The van der Waals surface area contributed by atoms with Crippen molar-refractivity contribution in [3.8, 4) is 5.75 Å². The molecule has 0 unspecified atom stereocenters. The predicted octanol–water partition coefficient (Wildman–Crippen LogP) is 2.37. The Hall–Kier alpha value is -2.20. The van der Waals surface area contributed by atoms with Crippen LogP contribution in [0.5, 0.6) is 5.75 Å². The first kappa shape index (κ1) is 21.5. The maximum atomic E-state index is 12.7. The number of nitrogens with zero attached hydrogens (tertiary/aromatic N) is 2. The van der Waals surface area contributed by atoms with Gasteiger partial charge in [-0.25, -0.2) is 8.42 Å². The van der Waals surface area contributed by atoms with E-state index in [1.165, 1.54) is 16.4 Å². The molecule has 2 aromatic rings. The topological polar surface area (TPSA) is 79.0 Å². The highest BCUT2D eigenvalue weighted by atomic mass is 35.5. The lowest BCUT2D eigenvalue weighted by Crippen LogP contribution is -2.53. The van der Waals surface area contributed by atoms with Crippen LogP contribution in [0.3, 0.4) is 0 Å². The number of halogens is 1. The summed E-state index contributed by atoms with van der Waals surface area (Å²) >= 11 is 11.2. The van der Waals surface area contributed by atoms with Crippen molar-refractivity contribution in [3.63, 3.8) is 0 Å². The Morgan fingerprint density at radius 1 is 1.03 bits per heavy atom. The first-order chi connectivity index (χ1) is 13.8. The van der Waals surface area contributed by atoms with E-state index >= 15 is 0 Å². The third kappa shape index (κ3) is 5.05. The maximum absolute atomic E-state index is 12.7. The molecule has 0 aliphatic carbocycles. The van der Waals surface area contributed by atoms with Crippen LogP contribution in [0.25, 0.3) is 0 Å². The van der Waals surface area contributed by atoms with E-state index in [9.17, 15) is 13.2 Å². The lowest BCUT2D eigenvalue weighted by Gasteiger charge is -2.35. The molecule has 2 aromatic carbocycles. The van der Waals surface area contributed by atoms with Gasteiger partial charge in [-0.2, -0.15) is 4.31 Å². The van der Waals surface area contributed by atoms with Crippen molar-refractivity contribution in [3.05, 3.63) is 59.1 Å². The SMILES string of the molecule is COc1ccc(C(=O)NC(=S)N2CCN(S(=O)(=O)c3ccc(Cl)cc3)CC2)cc1. The van der Waals surface area contributed by atoms with Gasteiger partial charge >= 0.3 is 0 Å². The fourth-order valence-electron chi connectivity index (χ4n) is 2.88. The number of piperazine rings is 1. The van der Waals surface area contributed by atoms with Gasteiger partial charge < -0.3 is 9.64 Å².